The summed E-state index contributed by atoms with van der Waals surface area (Å²) in [6, 6.07) is 16.4. The van der Waals surface area contributed by atoms with Gasteiger partial charge in [-0.3, -0.25) is 5.41 Å². The Kier molecular flexibility index (Phi) is 8.33. The van der Waals surface area contributed by atoms with Crippen molar-refractivity contribution in [1.82, 2.24) is 14.0 Å². The molecule has 6 heteroatoms. The van der Waals surface area contributed by atoms with Gasteiger partial charge >= 0.3 is 0 Å². The number of imidazole rings is 1. The van der Waals surface area contributed by atoms with Crippen LogP contribution in [0, 0.1) is 12.3 Å². The predicted octanol–water partition coefficient (Wildman–Crippen LogP) is 4.23. The van der Waals surface area contributed by atoms with Gasteiger partial charge in [0.2, 0.25) is 5.62 Å². The Hall–Kier alpha value is -2.05. The SMILES string of the molecule is Br.CCN(CC)CCn1c(=N)n(CCOc2ccc(C)cc2)c2ccccc21. The first-order valence-corrected chi connectivity index (χ1v) is 9.78. The maximum atomic E-state index is 8.70. The van der Waals surface area contributed by atoms with Crippen molar-refractivity contribution in [2.24, 2.45) is 0 Å². The molecule has 0 aliphatic carbocycles. The van der Waals surface area contributed by atoms with Gasteiger partial charge in [0.25, 0.3) is 0 Å². The van der Waals surface area contributed by atoms with Crippen LogP contribution in [0.3, 0.4) is 0 Å². The lowest BCUT2D eigenvalue weighted by Crippen LogP contribution is -2.32. The van der Waals surface area contributed by atoms with Gasteiger partial charge in [0.1, 0.15) is 12.4 Å². The Morgan fingerprint density at radius 2 is 1.46 bits per heavy atom. The minimum Gasteiger partial charge on any atom is -0.492 e. The lowest BCUT2D eigenvalue weighted by Gasteiger charge is -2.18. The number of rotatable bonds is 9. The largest absolute Gasteiger partial charge is 0.492 e. The standard InChI is InChI=1S/C22H30N4O.BrH/c1-4-24(5-2)14-15-25-20-8-6-7-9-21(20)26(22(25)23)16-17-27-19-12-10-18(3)11-13-19;/h6-13,23H,4-5,14-17H2,1-3H3;1H. The molecule has 0 amide bonds. The van der Waals surface area contributed by atoms with Gasteiger partial charge in [0, 0.05) is 13.1 Å². The Balaban J connectivity index is 0.00000280. The van der Waals surface area contributed by atoms with Crippen LogP contribution in [0.2, 0.25) is 0 Å². The van der Waals surface area contributed by atoms with Crippen LogP contribution < -0.4 is 10.4 Å². The number of likely N-dealkylation sites (N-methyl/N-ethyl adjacent to an activating group) is 1. The van der Waals surface area contributed by atoms with Crippen molar-refractivity contribution in [2.45, 2.75) is 33.9 Å². The van der Waals surface area contributed by atoms with E-state index in [4.69, 9.17) is 10.1 Å². The first-order chi connectivity index (χ1) is 13.1. The molecule has 28 heavy (non-hydrogen) atoms. The van der Waals surface area contributed by atoms with E-state index in [1.54, 1.807) is 0 Å². The lowest BCUT2D eigenvalue weighted by molar-refractivity contribution is 0.284. The number of benzene rings is 2. The van der Waals surface area contributed by atoms with Crippen molar-refractivity contribution >= 4 is 28.0 Å². The molecule has 2 aromatic carbocycles. The molecule has 1 aromatic heterocycles. The van der Waals surface area contributed by atoms with Crippen molar-refractivity contribution in [2.75, 3.05) is 26.2 Å². The van der Waals surface area contributed by atoms with Gasteiger partial charge in [-0.05, 0) is 44.3 Å². The summed E-state index contributed by atoms with van der Waals surface area (Å²) >= 11 is 0. The first kappa shape index (κ1) is 22.2. The Morgan fingerprint density at radius 1 is 0.893 bits per heavy atom. The molecular weight excluding hydrogens is 416 g/mol. The van der Waals surface area contributed by atoms with Gasteiger partial charge in [0.15, 0.2) is 0 Å². The van der Waals surface area contributed by atoms with E-state index in [1.807, 2.05) is 28.8 Å². The minimum absolute atomic E-state index is 0. The molecule has 152 valence electrons. The molecule has 0 radical (unpaired) electrons. The quantitative estimate of drug-likeness (QED) is 0.534. The highest BCUT2D eigenvalue weighted by Crippen LogP contribution is 2.14. The second kappa shape index (κ2) is 10.5. The van der Waals surface area contributed by atoms with Crippen molar-refractivity contribution in [3.8, 4) is 5.75 Å². The highest BCUT2D eigenvalue weighted by atomic mass is 79.9. The summed E-state index contributed by atoms with van der Waals surface area (Å²) in [4.78, 5) is 2.39. The molecule has 0 fully saturated rings. The van der Waals surface area contributed by atoms with Gasteiger partial charge in [-0.2, -0.15) is 0 Å². The third-order valence-corrected chi connectivity index (χ3v) is 5.11. The van der Waals surface area contributed by atoms with Crippen molar-refractivity contribution < 1.29 is 4.74 Å². The zero-order valence-electron chi connectivity index (χ0n) is 17.0. The first-order valence-electron chi connectivity index (χ1n) is 9.78. The number of ether oxygens (including phenoxy) is 1. The molecule has 0 saturated heterocycles. The van der Waals surface area contributed by atoms with Crippen LogP contribution in [0.1, 0.15) is 19.4 Å². The van der Waals surface area contributed by atoms with E-state index >= 15 is 0 Å². The maximum absolute atomic E-state index is 8.70. The molecule has 0 bridgehead atoms. The van der Waals surface area contributed by atoms with E-state index in [-0.39, 0.29) is 17.0 Å². The highest BCUT2D eigenvalue weighted by Gasteiger charge is 2.11. The topological polar surface area (TPSA) is 46.2 Å². The Bertz CT molecular complexity index is 926. The molecule has 1 N–H and O–H groups in total. The van der Waals surface area contributed by atoms with E-state index in [2.05, 4.69) is 54.5 Å². The second-order valence-electron chi connectivity index (χ2n) is 6.80. The van der Waals surface area contributed by atoms with Gasteiger partial charge in [-0.1, -0.05) is 43.7 Å². The molecule has 5 nitrogen and oxygen atoms in total. The molecule has 0 spiro atoms. The number of fused-ring (bicyclic) bond motifs is 1. The molecule has 3 aromatic rings. The summed E-state index contributed by atoms with van der Waals surface area (Å²) in [5, 5.41) is 8.70. The molecule has 0 unspecified atom stereocenters. The van der Waals surface area contributed by atoms with E-state index in [0.717, 1.165) is 43.0 Å². The van der Waals surface area contributed by atoms with Crippen molar-refractivity contribution in [3.63, 3.8) is 0 Å². The summed E-state index contributed by atoms with van der Waals surface area (Å²) in [7, 11) is 0. The number of aryl methyl sites for hydroxylation is 1. The second-order valence-corrected chi connectivity index (χ2v) is 6.80. The van der Waals surface area contributed by atoms with Crippen LogP contribution in [0.4, 0.5) is 0 Å². The number of halogens is 1. The number of hydrogen-bond acceptors (Lipinski definition) is 3. The molecule has 3 rings (SSSR count). The minimum atomic E-state index is 0. The average molecular weight is 447 g/mol. The van der Waals surface area contributed by atoms with E-state index < -0.39 is 0 Å². The molecule has 1 heterocycles. The molecule has 0 aliphatic heterocycles. The van der Waals surface area contributed by atoms with Gasteiger partial charge in [-0.15, -0.1) is 17.0 Å². The van der Waals surface area contributed by atoms with E-state index in [1.165, 1.54) is 5.56 Å². The maximum Gasteiger partial charge on any atom is 0.203 e. The van der Waals surface area contributed by atoms with Gasteiger partial charge in [0.05, 0.1) is 17.6 Å². The summed E-state index contributed by atoms with van der Waals surface area (Å²) in [6.07, 6.45) is 0. The summed E-state index contributed by atoms with van der Waals surface area (Å²) in [5.41, 5.74) is 3.97. The Morgan fingerprint density at radius 3 is 2.04 bits per heavy atom. The third-order valence-electron chi connectivity index (χ3n) is 5.11. The van der Waals surface area contributed by atoms with E-state index in [9.17, 15) is 0 Å². The fraction of sp³-hybridized carbons (Fsp3) is 0.409. The fourth-order valence-electron chi connectivity index (χ4n) is 3.42. The Labute approximate surface area is 177 Å². The highest BCUT2D eigenvalue weighted by molar-refractivity contribution is 8.93. The monoisotopic (exact) mass is 446 g/mol. The summed E-state index contributed by atoms with van der Waals surface area (Å²) < 4.78 is 10.0. The average Bonchev–Trinajstić information content (AvgIpc) is 2.96. The van der Waals surface area contributed by atoms with Crippen molar-refractivity contribution in [3.05, 3.63) is 59.7 Å². The normalized spacial score (nSPS) is 11.0. The zero-order chi connectivity index (χ0) is 19.2. The molecular formula is C22H31BrN4O. The number of nitrogens with one attached hydrogen (secondary N) is 1. The van der Waals surface area contributed by atoms with Crippen molar-refractivity contribution in [1.29, 1.82) is 5.41 Å². The summed E-state index contributed by atoms with van der Waals surface area (Å²) in [5.74, 6) is 0.873. The van der Waals surface area contributed by atoms with Gasteiger partial charge in [-0.25, -0.2) is 0 Å². The molecule has 0 aliphatic rings. The van der Waals surface area contributed by atoms with Crippen LogP contribution in [0.25, 0.3) is 11.0 Å². The third kappa shape index (κ3) is 5.06. The van der Waals surface area contributed by atoms with Crippen LogP contribution in [0.15, 0.2) is 48.5 Å². The van der Waals surface area contributed by atoms with E-state index in [0.29, 0.717) is 18.8 Å². The fourth-order valence-corrected chi connectivity index (χ4v) is 3.42. The molecule has 0 saturated carbocycles. The van der Waals surface area contributed by atoms with Gasteiger partial charge < -0.3 is 18.8 Å². The lowest BCUT2D eigenvalue weighted by atomic mass is 10.2. The van der Waals surface area contributed by atoms with Crippen LogP contribution in [-0.4, -0.2) is 40.3 Å². The zero-order valence-corrected chi connectivity index (χ0v) is 18.7. The number of nitrogens with zero attached hydrogens (tertiary/aromatic N) is 3. The number of aromatic nitrogens is 2. The summed E-state index contributed by atoms with van der Waals surface area (Å²) in [6.45, 7) is 11.5. The van der Waals surface area contributed by atoms with Crippen LogP contribution in [0.5, 0.6) is 5.75 Å². The predicted molar refractivity (Wildman–Crippen MR) is 121 cm³/mol. The number of para-hydroxylation sites is 2. The van der Waals surface area contributed by atoms with Crippen LogP contribution >= 0.6 is 17.0 Å². The molecule has 0 atom stereocenters. The number of hydrogen-bond donors (Lipinski definition) is 1. The van der Waals surface area contributed by atoms with Crippen LogP contribution in [-0.2, 0) is 13.1 Å². The smallest absolute Gasteiger partial charge is 0.203 e.